The Morgan fingerprint density at radius 3 is 1.59 bits per heavy atom. The topological polar surface area (TPSA) is 9.23 Å². The smallest absolute Gasteiger partial charge is 0.131 e. The number of benzene rings is 3. The number of ether oxygens (including phenoxy) is 1. The second kappa shape index (κ2) is 6.27. The number of aryl methyl sites for hydroxylation is 4. The van der Waals surface area contributed by atoms with Crippen LogP contribution in [-0.4, -0.2) is 0 Å². The van der Waals surface area contributed by atoms with E-state index in [1.807, 2.05) is 0 Å². The highest BCUT2D eigenvalue weighted by atomic mass is 16.5. The van der Waals surface area contributed by atoms with E-state index in [1.54, 1.807) is 0 Å². The van der Waals surface area contributed by atoms with Crippen LogP contribution in [0.2, 0.25) is 0 Å². The Hall–Kier alpha value is -2.54. The summed E-state index contributed by atoms with van der Waals surface area (Å²) >= 11 is 0. The third-order valence-corrected chi connectivity index (χ3v) is 6.01. The van der Waals surface area contributed by atoms with Crippen LogP contribution < -0.4 is 4.74 Å². The molecular formula is C26H28O. The Morgan fingerprint density at radius 2 is 1.11 bits per heavy atom. The van der Waals surface area contributed by atoms with E-state index in [0.29, 0.717) is 5.92 Å². The molecule has 0 aromatic heterocycles. The summed E-state index contributed by atoms with van der Waals surface area (Å²) in [5, 5.41) is 0. The summed E-state index contributed by atoms with van der Waals surface area (Å²) in [7, 11) is 0. The predicted molar refractivity (Wildman–Crippen MR) is 113 cm³/mol. The fourth-order valence-corrected chi connectivity index (χ4v) is 4.82. The van der Waals surface area contributed by atoms with Gasteiger partial charge in [-0.05, 0) is 56.9 Å². The molecule has 27 heavy (non-hydrogen) atoms. The van der Waals surface area contributed by atoms with E-state index in [0.717, 1.165) is 11.5 Å². The van der Waals surface area contributed by atoms with Gasteiger partial charge in [0, 0.05) is 11.1 Å². The maximum atomic E-state index is 6.38. The summed E-state index contributed by atoms with van der Waals surface area (Å²) in [6.45, 7) is 13.4. The molecule has 0 N–H and O–H groups in total. The molecular weight excluding hydrogens is 328 g/mol. The van der Waals surface area contributed by atoms with Gasteiger partial charge in [0.1, 0.15) is 11.5 Å². The third kappa shape index (κ3) is 2.60. The van der Waals surface area contributed by atoms with Gasteiger partial charge in [0.25, 0.3) is 0 Å². The highest BCUT2D eigenvalue weighted by molar-refractivity contribution is 5.66. The molecule has 0 fully saturated rings. The first-order valence-corrected chi connectivity index (χ1v) is 9.82. The standard InChI is InChI=1S/C26H28O/c1-16(2)26(21-10-7-17(3)13-20(21)6)22-14-18(4)8-11-24(22)27-25-12-9-19(5)15-23(25)26/h7-16H,1-6H3. The van der Waals surface area contributed by atoms with Crippen LogP contribution in [0.25, 0.3) is 0 Å². The molecule has 0 aliphatic carbocycles. The van der Waals surface area contributed by atoms with Crippen molar-refractivity contribution < 1.29 is 4.74 Å². The molecule has 4 rings (SSSR count). The van der Waals surface area contributed by atoms with Gasteiger partial charge in [0.05, 0.1) is 5.41 Å². The van der Waals surface area contributed by atoms with Crippen LogP contribution >= 0.6 is 0 Å². The Morgan fingerprint density at radius 1 is 0.630 bits per heavy atom. The van der Waals surface area contributed by atoms with Gasteiger partial charge in [-0.15, -0.1) is 0 Å². The lowest BCUT2D eigenvalue weighted by Crippen LogP contribution is -2.38. The third-order valence-electron chi connectivity index (χ3n) is 6.01. The Kier molecular flexibility index (Phi) is 4.14. The summed E-state index contributed by atoms with van der Waals surface area (Å²) in [5.74, 6) is 2.33. The van der Waals surface area contributed by atoms with Gasteiger partial charge in [-0.1, -0.05) is 73.0 Å². The highest BCUT2D eigenvalue weighted by Gasteiger charge is 2.46. The summed E-state index contributed by atoms with van der Waals surface area (Å²) < 4.78 is 6.38. The van der Waals surface area contributed by atoms with Gasteiger partial charge in [-0.3, -0.25) is 0 Å². The molecule has 1 aliphatic rings. The van der Waals surface area contributed by atoms with Gasteiger partial charge in [0.2, 0.25) is 0 Å². The van der Waals surface area contributed by atoms with Crippen LogP contribution in [0.15, 0.2) is 54.6 Å². The fourth-order valence-electron chi connectivity index (χ4n) is 4.82. The normalized spacial score (nSPS) is 14.5. The second-order valence-corrected chi connectivity index (χ2v) is 8.38. The SMILES string of the molecule is Cc1ccc(C2(C(C)C)c3cc(C)ccc3Oc3ccc(C)cc32)c(C)c1. The molecule has 1 aliphatic heterocycles. The zero-order chi connectivity index (χ0) is 19.3. The van der Waals surface area contributed by atoms with Crippen LogP contribution in [0.3, 0.4) is 0 Å². The van der Waals surface area contributed by atoms with Gasteiger partial charge in [-0.25, -0.2) is 0 Å². The Balaban J connectivity index is 2.18. The van der Waals surface area contributed by atoms with Crippen LogP contribution in [0.5, 0.6) is 11.5 Å². The first kappa shape index (κ1) is 17.9. The van der Waals surface area contributed by atoms with E-state index in [9.17, 15) is 0 Å². The van der Waals surface area contributed by atoms with Gasteiger partial charge < -0.3 is 4.74 Å². The minimum atomic E-state index is -0.223. The molecule has 1 heteroatoms. The minimum Gasteiger partial charge on any atom is -0.457 e. The van der Waals surface area contributed by atoms with E-state index in [1.165, 1.54) is 38.9 Å². The summed E-state index contributed by atoms with van der Waals surface area (Å²) in [6.07, 6.45) is 0. The molecule has 1 nitrogen and oxygen atoms in total. The summed E-state index contributed by atoms with van der Waals surface area (Å²) in [6, 6.07) is 20.1. The average molecular weight is 357 g/mol. The molecule has 0 saturated heterocycles. The van der Waals surface area contributed by atoms with Crippen LogP contribution in [0, 0.1) is 33.6 Å². The molecule has 3 aromatic carbocycles. The monoisotopic (exact) mass is 356 g/mol. The molecule has 3 aromatic rings. The van der Waals surface area contributed by atoms with Gasteiger partial charge in [0.15, 0.2) is 0 Å². The van der Waals surface area contributed by atoms with E-state index >= 15 is 0 Å². The van der Waals surface area contributed by atoms with Crippen molar-refractivity contribution in [3.63, 3.8) is 0 Å². The molecule has 0 atom stereocenters. The zero-order valence-corrected chi connectivity index (χ0v) is 17.2. The lowest BCUT2D eigenvalue weighted by Gasteiger charge is -2.45. The number of rotatable bonds is 2. The van der Waals surface area contributed by atoms with Crippen LogP contribution in [0.1, 0.15) is 52.8 Å². The molecule has 0 amide bonds. The number of hydrogen-bond acceptors (Lipinski definition) is 1. The predicted octanol–water partition coefficient (Wildman–Crippen LogP) is 7.02. The minimum absolute atomic E-state index is 0.223. The van der Waals surface area contributed by atoms with E-state index in [2.05, 4.69) is 96.1 Å². The van der Waals surface area contributed by atoms with Gasteiger partial charge >= 0.3 is 0 Å². The van der Waals surface area contributed by atoms with Crippen molar-refractivity contribution in [2.75, 3.05) is 0 Å². The summed E-state index contributed by atoms with van der Waals surface area (Å²) in [5.41, 5.74) is 8.89. The van der Waals surface area contributed by atoms with Crippen LogP contribution in [0.4, 0.5) is 0 Å². The number of hydrogen-bond donors (Lipinski definition) is 0. The average Bonchev–Trinajstić information content (AvgIpc) is 2.61. The van der Waals surface area contributed by atoms with Crippen molar-refractivity contribution >= 4 is 0 Å². The Labute approximate surface area is 163 Å². The van der Waals surface area contributed by atoms with Crippen molar-refractivity contribution in [2.45, 2.75) is 47.0 Å². The van der Waals surface area contributed by atoms with Crippen molar-refractivity contribution in [1.29, 1.82) is 0 Å². The zero-order valence-electron chi connectivity index (χ0n) is 17.2. The molecule has 0 unspecified atom stereocenters. The maximum absolute atomic E-state index is 6.38. The largest absolute Gasteiger partial charge is 0.457 e. The molecule has 0 radical (unpaired) electrons. The molecule has 0 bridgehead atoms. The van der Waals surface area contributed by atoms with E-state index in [-0.39, 0.29) is 5.41 Å². The van der Waals surface area contributed by atoms with E-state index < -0.39 is 0 Å². The second-order valence-electron chi connectivity index (χ2n) is 8.38. The van der Waals surface area contributed by atoms with Crippen LogP contribution in [-0.2, 0) is 5.41 Å². The lowest BCUT2D eigenvalue weighted by molar-refractivity contribution is 0.360. The first-order valence-electron chi connectivity index (χ1n) is 9.82. The first-order chi connectivity index (χ1) is 12.8. The van der Waals surface area contributed by atoms with Crippen molar-refractivity contribution in [3.8, 4) is 11.5 Å². The van der Waals surface area contributed by atoms with Crippen molar-refractivity contribution in [3.05, 3.63) is 93.5 Å². The lowest BCUT2D eigenvalue weighted by atomic mass is 9.60. The highest BCUT2D eigenvalue weighted by Crippen LogP contribution is 2.56. The molecule has 138 valence electrons. The van der Waals surface area contributed by atoms with E-state index in [4.69, 9.17) is 4.74 Å². The number of fused-ring (bicyclic) bond motifs is 2. The summed E-state index contributed by atoms with van der Waals surface area (Å²) in [4.78, 5) is 0. The quantitative estimate of drug-likeness (QED) is 0.479. The van der Waals surface area contributed by atoms with Gasteiger partial charge in [-0.2, -0.15) is 0 Å². The van der Waals surface area contributed by atoms with Crippen molar-refractivity contribution in [1.82, 2.24) is 0 Å². The molecule has 0 spiro atoms. The molecule has 0 saturated carbocycles. The van der Waals surface area contributed by atoms with Crippen molar-refractivity contribution in [2.24, 2.45) is 5.92 Å². The fraction of sp³-hybridized carbons (Fsp3) is 0.308. The maximum Gasteiger partial charge on any atom is 0.131 e. The Bertz CT molecular complexity index is 975. The molecule has 1 heterocycles.